The minimum Gasteiger partial charge on any atom is -0.449 e. The largest absolute Gasteiger partial charge is 0.449 e. The number of aryl methyl sites for hydroxylation is 1. The Morgan fingerprint density at radius 2 is 2.14 bits per heavy atom. The Labute approximate surface area is 122 Å². The van der Waals surface area contributed by atoms with Crippen molar-refractivity contribution in [2.45, 2.75) is 32.6 Å². The summed E-state index contributed by atoms with van der Waals surface area (Å²) in [5, 5.41) is 6.90. The van der Waals surface area contributed by atoms with E-state index in [0.717, 1.165) is 0 Å². The minimum absolute atomic E-state index is 0.0661. The van der Waals surface area contributed by atoms with E-state index in [1.807, 2.05) is 26.1 Å². The molecule has 2 heterocycles. The first kappa shape index (κ1) is 13.5. The lowest BCUT2D eigenvalue weighted by atomic mass is 10.2. The van der Waals surface area contributed by atoms with Gasteiger partial charge in [-0.25, -0.2) is 0 Å². The summed E-state index contributed by atoms with van der Waals surface area (Å²) in [6.45, 7) is 4.24. The van der Waals surface area contributed by atoms with Gasteiger partial charge < -0.3 is 14.8 Å². The van der Waals surface area contributed by atoms with Crippen molar-refractivity contribution in [3.05, 3.63) is 36.7 Å². The number of carbonyl (C=O) groups is 1. The van der Waals surface area contributed by atoms with Gasteiger partial charge in [0.15, 0.2) is 11.5 Å². The molecule has 110 valence electrons. The zero-order chi connectivity index (χ0) is 14.9. The number of benzene rings is 1. The van der Waals surface area contributed by atoms with E-state index < -0.39 is 5.79 Å². The molecule has 0 saturated heterocycles. The van der Waals surface area contributed by atoms with Crippen molar-refractivity contribution in [2.24, 2.45) is 0 Å². The number of nitrogens with one attached hydrogen (secondary N) is 1. The van der Waals surface area contributed by atoms with Crippen LogP contribution in [0.3, 0.4) is 0 Å². The van der Waals surface area contributed by atoms with Gasteiger partial charge in [-0.15, -0.1) is 0 Å². The Balaban J connectivity index is 1.60. The van der Waals surface area contributed by atoms with Crippen LogP contribution in [0.1, 0.15) is 20.3 Å². The molecule has 0 spiro atoms. The number of ether oxygens (including phenoxy) is 2. The molecule has 1 aromatic carbocycles. The van der Waals surface area contributed by atoms with Crippen molar-refractivity contribution in [1.29, 1.82) is 0 Å². The van der Waals surface area contributed by atoms with Crippen LogP contribution < -0.4 is 14.8 Å². The summed E-state index contributed by atoms with van der Waals surface area (Å²) in [4.78, 5) is 11.9. The highest BCUT2D eigenvalue weighted by Gasteiger charge is 2.31. The zero-order valence-electron chi connectivity index (χ0n) is 12.0. The second-order valence-electron chi connectivity index (χ2n) is 5.33. The lowest BCUT2D eigenvalue weighted by Gasteiger charge is -2.16. The van der Waals surface area contributed by atoms with Gasteiger partial charge >= 0.3 is 0 Å². The molecule has 0 aliphatic carbocycles. The van der Waals surface area contributed by atoms with Crippen molar-refractivity contribution < 1.29 is 14.3 Å². The van der Waals surface area contributed by atoms with Crippen molar-refractivity contribution >= 4 is 11.6 Å². The molecule has 1 aromatic heterocycles. The van der Waals surface area contributed by atoms with Crippen LogP contribution in [0.25, 0.3) is 0 Å². The highest BCUT2D eigenvalue weighted by atomic mass is 16.7. The average Bonchev–Trinajstić information content (AvgIpc) is 3.01. The fourth-order valence-corrected chi connectivity index (χ4v) is 2.17. The van der Waals surface area contributed by atoms with Gasteiger partial charge in [0.25, 0.3) is 0 Å². The topological polar surface area (TPSA) is 65.4 Å². The number of hydrogen-bond donors (Lipinski definition) is 1. The maximum absolute atomic E-state index is 11.9. The molecule has 21 heavy (non-hydrogen) atoms. The third-order valence-corrected chi connectivity index (χ3v) is 3.07. The first-order valence-corrected chi connectivity index (χ1v) is 6.81. The molecule has 1 amide bonds. The van der Waals surface area contributed by atoms with E-state index in [9.17, 15) is 4.79 Å². The van der Waals surface area contributed by atoms with E-state index >= 15 is 0 Å². The quantitative estimate of drug-likeness (QED) is 0.938. The van der Waals surface area contributed by atoms with Crippen molar-refractivity contribution in [3.63, 3.8) is 0 Å². The maximum Gasteiger partial charge on any atom is 0.246 e. The molecule has 6 nitrogen and oxygen atoms in total. The number of nitrogens with zero attached hydrogens (tertiary/aromatic N) is 2. The van der Waals surface area contributed by atoms with E-state index in [2.05, 4.69) is 10.4 Å². The van der Waals surface area contributed by atoms with Gasteiger partial charge in [0, 0.05) is 51.0 Å². The molecule has 1 aliphatic rings. The summed E-state index contributed by atoms with van der Waals surface area (Å²) in [6.07, 6.45) is 3.88. The molecule has 0 unspecified atom stereocenters. The number of aromatic nitrogens is 2. The standard InChI is InChI=1S/C15H17N3O3/c1-15(2)20-12-5-4-11(10-13(12)21-15)17-14(19)6-9-18-8-3-7-16-18/h3-5,7-8,10H,6,9H2,1-2H3,(H,17,19). The summed E-state index contributed by atoms with van der Waals surface area (Å²) >= 11 is 0. The zero-order valence-corrected chi connectivity index (χ0v) is 12.0. The maximum atomic E-state index is 11.9. The monoisotopic (exact) mass is 287 g/mol. The SMILES string of the molecule is CC1(C)Oc2ccc(NC(=O)CCn3cccn3)cc2O1. The van der Waals surface area contributed by atoms with Crippen LogP contribution in [0, 0.1) is 0 Å². The van der Waals surface area contributed by atoms with E-state index in [1.165, 1.54) is 0 Å². The van der Waals surface area contributed by atoms with Crippen LogP contribution in [0.5, 0.6) is 11.5 Å². The third-order valence-electron chi connectivity index (χ3n) is 3.07. The van der Waals surface area contributed by atoms with Crippen LogP contribution in [-0.4, -0.2) is 21.5 Å². The fraction of sp³-hybridized carbons (Fsp3) is 0.333. The Morgan fingerprint density at radius 3 is 2.90 bits per heavy atom. The Hall–Kier alpha value is -2.50. The highest BCUT2D eigenvalue weighted by Crippen LogP contribution is 2.40. The van der Waals surface area contributed by atoms with E-state index in [0.29, 0.717) is 30.2 Å². The predicted molar refractivity (Wildman–Crippen MR) is 77.3 cm³/mol. The molecule has 2 aromatic rings. The van der Waals surface area contributed by atoms with E-state index in [1.54, 1.807) is 29.1 Å². The lowest BCUT2D eigenvalue weighted by Crippen LogP contribution is -2.29. The molecule has 3 rings (SSSR count). The second kappa shape index (κ2) is 5.12. The molecular weight excluding hydrogens is 270 g/mol. The summed E-state index contributed by atoms with van der Waals surface area (Å²) in [7, 11) is 0. The molecule has 1 aliphatic heterocycles. The van der Waals surface area contributed by atoms with Gasteiger partial charge in [0.05, 0.1) is 0 Å². The van der Waals surface area contributed by atoms with Crippen LogP contribution in [0.2, 0.25) is 0 Å². The summed E-state index contributed by atoms with van der Waals surface area (Å²) < 4.78 is 13.0. The smallest absolute Gasteiger partial charge is 0.246 e. The Kier molecular flexibility index (Phi) is 3.29. The van der Waals surface area contributed by atoms with Crippen molar-refractivity contribution in [3.8, 4) is 11.5 Å². The van der Waals surface area contributed by atoms with Crippen LogP contribution in [0.15, 0.2) is 36.7 Å². The second-order valence-corrected chi connectivity index (χ2v) is 5.33. The number of carbonyl (C=O) groups excluding carboxylic acids is 1. The molecule has 6 heteroatoms. The van der Waals surface area contributed by atoms with Gasteiger partial charge in [-0.1, -0.05) is 0 Å². The number of hydrogen-bond acceptors (Lipinski definition) is 4. The van der Waals surface area contributed by atoms with Crippen LogP contribution >= 0.6 is 0 Å². The number of rotatable bonds is 4. The van der Waals surface area contributed by atoms with E-state index in [4.69, 9.17) is 9.47 Å². The molecule has 0 atom stereocenters. The number of amides is 1. The molecule has 0 bridgehead atoms. The Morgan fingerprint density at radius 1 is 1.33 bits per heavy atom. The van der Waals surface area contributed by atoms with Gasteiger partial charge in [0.2, 0.25) is 11.7 Å². The van der Waals surface area contributed by atoms with Crippen LogP contribution in [-0.2, 0) is 11.3 Å². The summed E-state index contributed by atoms with van der Waals surface area (Å²) in [5.74, 6) is 0.605. The van der Waals surface area contributed by atoms with Crippen molar-refractivity contribution in [2.75, 3.05) is 5.32 Å². The third kappa shape index (κ3) is 3.16. The molecule has 1 N–H and O–H groups in total. The Bertz CT molecular complexity index is 650. The first-order chi connectivity index (χ1) is 10.0. The van der Waals surface area contributed by atoms with Crippen LogP contribution in [0.4, 0.5) is 5.69 Å². The number of fused-ring (bicyclic) bond motifs is 1. The molecule has 0 fully saturated rings. The summed E-state index contributed by atoms with van der Waals surface area (Å²) in [5.41, 5.74) is 0.695. The molecular formula is C15H17N3O3. The minimum atomic E-state index is -0.662. The highest BCUT2D eigenvalue weighted by molar-refractivity contribution is 5.91. The summed E-state index contributed by atoms with van der Waals surface area (Å²) in [6, 6.07) is 7.20. The molecule has 0 radical (unpaired) electrons. The van der Waals surface area contributed by atoms with Gasteiger partial charge in [-0.2, -0.15) is 5.10 Å². The van der Waals surface area contributed by atoms with Crippen molar-refractivity contribution in [1.82, 2.24) is 9.78 Å². The lowest BCUT2D eigenvalue weighted by molar-refractivity contribution is -0.116. The predicted octanol–water partition coefficient (Wildman–Crippen LogP) is 2.42. The fourth-order valence-electron chi connectivity index (χ4n) is 2.17. The van der Waals surface area contributed by atoms with Gasteiger partial charge in [-0.05, 0) is 18.2 Å². The average molecular weight is 287 g/mol. The van der Waals surface area contributed by atoms with Gasteiger partial charge in [0.1, 0.15) is 0 Å². The molecule has 0 saturated carbocycles. The number of anilines is 1. The first-order valence-electron chi connectivity index (χ1n) is 6.81. The van der Waals surface area contributed by atoms with E-state index in [-0.39, 0.29) is 5.91 Å². The van der Waals surface area contributed by atoms with Gasteiger partial charge in [-0.3, -0.25) is 9.48 Å². The normalized spacial score (nSPS) is 15.0.